The van der Waals surface area contributed by atoms with Crippen molar-refractivity contribution in [3.05, 3.63) is 63.6 Å². The smallest absolute Gasteiger partial charge is 0.274 e. The number of ether oxygens (including phenoxy) is 1. The molecule has 1 aliphatic rings. The number of carbonyl (C=O) groups excluding carboxylic acids is 2. The van der Waals surface area contributed by atoms with E-state index >= 15 is 0 Å². The lowest BCUT2D eigenvalue weighted by Crippen LogP contribution is -2.51. The second-order valence-corrected chi connectivity index (χ2v) is 7.63. The van der Waals surface area contributed by atoms with E-state index in [0.717, 1.165) is 0 Å². The fourth-order valence-electron chi connectivity index (χ4n) is 3.37. The number of aromatic nitrogens is 2. The molecule has 1 saturated heterocycles. The number of hydrogen-bond acceptors (Lipinski definition) is 5. The molecule has 30 heavy (non-hydrogen) atoms. The molecule has 2 amide bonds. The predicted octanol–water partition coefficient (Wildman–Crippen LogP) is 1.61. The first-order valence-electron chi connectivity index (χ1n) is 10.2. The fourth-order valence-corrected chi connectivity index (χ4v) is 3.37. The molecule has 2 heterocycles. The lowest BCUT2D eigenvalue weighted by atomic mass is 10.0. The Hall–Kier alpha value is -3.00. The Morgan fingerprint density at radius 2 is 1.57 bits per heavy atom. The molecule has 160 valence electrons. The van der Waals surface area contributed by atoms with E-state index in [2.05, 4.69) is 18.9 Å². The summed E-state index contributed by atoms with van der Waals surface area (Å²) in [5.41, 5.74) is 1.80. The van der Waals surface area contributed by atoms with Gasteiger partial charge in [0.2, 0.25) is 0 Å². The maximum Gasteiger partial charge on any atom is 0.274 e. The highest BCUT2D eigenvalue weighted by molar-refractivity contribution is 5.95. The zero-order valence-electron chi connectivity index (χ0n) is 17.7. The highest BCUT2D eigenvalue weighted by atomic mass is 16.5. The lowest BCUT2D eigenvalue weighted by molar-refractivity contribution is 0.0530. The number of rotatable bonds is 6. The molecule has 1 aromatic heterocycles. The lowest BCUT2D eigenvalue weighted by Gasteiger charge is -2.34. The van der Waals surface area contributed by atoms with Crippen LogP contribution in [0.4, 0.5) is 0 Å². The van der Waals surface area contributed by atoms with Gasteiger partial charge in [-0.1, -0.05) is 26.0 Å². The molecular weight excluding hydrogens is 384 g/mol. The number of piperazine rings is 1. The van der Waals surface area contributed by atoms with Crippen molar-refractivity contribution in [1.82, 2.24) is 19.6 Å². The number of benzene rings is 1. The third kappa shape index (κ3) is 4.94. The molecule has 8 heteroatoms. The molecule has 2 aromatic rings. The van der Waals surface area contributed by atoms with Crippen molar-refractivity contribution in [2.75, 3.05) is 39.9 Å². The van der Waals surface area contributed by atoms with E-state index in [1.807, 2.05) is 24.3 Å². The Kier molecular flexibility index (Phi) is 6.99. The maximum absolute atomic E-state index is 12.8. The Labute approximate surface area is 176 Å². The highest BCUT2D eigenvalue weighted by Gasteiger charge is 2.26. The van der Waals surface area contributed by atoms with Gasteiger partial charge >= 0.3 is 0 Å². The van der Waals surface area contributed by atoms with Gasteiger partial charge in [0.05, 0.1) is 13.2 Å². The molecule has 1 aliphatic heterocycles. The molecule has 3 rings (SSSR count). The summed E-state index contributed by atoms with van der Waals surface area (Å²) in [6.45, 7) is 6.62. The van der Waals surface area contributed by atoms with Crippen LogP contribution in [0.1, 0.15) is 46.2 Å². The van der Waals surface area contributed by atoms with Crippen LogP contribution in [0.5, 0.6) is 0 Å². The van der Waals surface area contributed by atoms with Gasteiger partial charge in [0.15, 0.2) is 0 Å². The molecule has 0 N–H and O–H groups in total. The van der Waals surface area contributed by atoms with Crippen molar-refractivity contribution in [1.29, 1.82) is 0 Å². The largest absolute Gasteiger partial charge is 0.383 e. The summed E-state index contributed by atoms with van der Waals surface area (Å²) in [5.74, 6) is 0.152. The first-order valence-corrected chi connectivity index (χ1v) is 10.2. The average Bonchev–Trinajstić information content (AvgIpc) is 2.77. The standard InChI is InChI=1S/C22H28N4O4/c1-16(2)17-4-6-18(7-5-17)21(28)24-10-12-25(13-11-24)22(29)19-8-9-20(27)26(23-19)14-15-30-3/h4-9,16H,10-15H2,1-3H3. The van der Waals surface area contributed by atoms with Gasteiger partial charge in [-0.2, -0.15) is 5.10 Å². The van der Waals surface area contributed by atoms with Crippen LogP contribution in [-0.2, 0) is 11.3 Å². The summed E-state index contributed by atoms with van der Waals surface area (Å²) >= 11 is 0. The normalized spacial score (nSPS) is 14.3. The molecule has 1 aromatic carbocycles. The van der Waals surface area contributed by atoms with Crippen LogP contribution in [0, 0.1) is 0 Å². The van der Waals surface area contributed by atoms with Gasteiger partial charge in [-0.3, -0.25) is 14.4 Å². The molecule has 0 atom stereocenters. The Morgan fingerprint density at radius 1 is 0.967 bits per heavy atom. The summed E-state index contributed by atoms with van der Waals surface area (Å²) in [4.78, 5) is 40.9. The third-order valence-corrected chi connectivity index (χ3v) is 5.27. The van der Waals surface area contributed by atoms with Crippen LogP contribution in [-0.4, -0.2) is 71.3 Å². The number of carbonyl (C=O) groups is 2. The van der Waals surface area contributed by atoms with Crippen molar-refractivity contribution in [2.24, 2.45) is 0 Å². The zero-order chi connectivity index (χ0) is 21.7. The minimum absolute atomic E-state index is 0.0244. The van der Waals surface area contributed by atoms with E-state index in [4.69, 9.17) is 4.74 Å². The fraction of sp³-hybridized carbons (Fsp3) is 0.455. The Bertz CT molecular complexity index is 944. The van der Waals surface area contributed by atoms with E-state index < -0.39 is 0 Å². The van der Waals surface area contributed by atoms with Crippen LogP contribution in [0.25, 0.3) is 0 Å². The number of nitrogens with zero attached hydrogens (tertiary/aromatic N) is 4. The number of amides is 2. The first-order chi connectivity index (χ1) is 14.4. The van der Waals surface area contributed by atoms with Gasteiger partial charge in [-0.15, -0.1) is 0 Å². The summed E-state index contributed by atoms with van der Waals surface area (Å²) in [6, 6.07) is 10.5. The Morgan fingerprint density at radius 3 is 2.13 bits per heavy atom. The second-order valence-electron chi connectivity index (χ2n) is 7.63. The topological polar surface area (TPSA) is 84.7 Å². The van der Waals surface area contributed by atoms with E-state index in [0.29, 0.717) is 44.3 Å². The van der Waals surface area contributed by atoms with E-state index in [-0.39, 0.29) is 29.6 Å². The van der Waals surface area contributed by atoms with Gasteiger partial charge in [-0.25, -0.2) is 4.68 Å². The van der Waals surface area contributed by atoms with Crippen molar-refractivity contribution in [2.45, 2.75) is 26.3 Å². The van der Waals surface area contributed by atoms with Gasteiger partial charge in [0.25, 0.3) is 17.4 Å². The molecule has 0 bridgehead atoms. The van der Waals surface area contributed by atoms with Crippen LogP contribution in [0.2, 0.25) is 0 Å². The number of methoxy groups -OCH3 is 1. The second kappa shape index (κ2) is 9.67. The van der Waals surface area contributed by atoms with Crippen LogP contribution < -0.4 is 5.56 Å². The SMILES string of the molecule is COCCn1nc(C(=O)N2CCN(C(=O)c3ccc(C(C)C)cc3)CC2)ccc1=O. The van der Waals surface area contributed by atoms with E-state index in [1.165, 1.54) is 22.4 Å². The first kappa shape index (κ1) is 21.7. The molecule has 0 aliphatic carbocycles. The summed E-state index contributed by atoms with van der Waals surface area (Å²) in [6.07, 6.45) is 0. The molecule has 0 radical (unpaired) electrons. The molecule has 1 fully saturated rings. The molecule has 0 unspecified atom stereocenters. The van der Waals surface area contributed by atoms with Crippen LogP contribution in [0.3, 0.4) is 0 Å². The number of hydrogen-bond donors (Lipinski definition) is 0. The van der Waals surface area contributed by atoms with Crippen LogP contribution >= 0.6 is 0 Å². The monoisotopic (exact) mass is 412 g/mol. The predicted molar refractivity (Wildman–Crippen MR) is 113 cm³/mol. The quantitative estimate of drug-likeness (QED) is 0.720. The molecule has 0 saturated carbocycles. The maximum atomic E-state index is 12.8. The van der Waals surface area contributed by atoms with E-state index in [9.17, 15) is 14.4 Å². The van der Waals surface area contributed by atoms with Crippen LogP contribution in [0.15, 0.2) is 41.2 Å². The Balaban J connectivity index is 1.61. The van der Waals surface area contributed by atoms with Crippen molar-refractivity contribution in [3.8, 4) is 0 Å². The van der Waals surface area contributed by atoms with Crippen molar-refractivity contribution >= 4 is 11.8 Å². The minimum atomic E-state index is -0.275. The van der Waals surface area contributed by atoms with Gasteiger partial charge in [-0.05, 0) is 29.7 Å². The summed E-state index contributed by atoms with van der Waals surface area (Å²) < 4.78 is 6.21. The summed E-state index contributed by atoms with van der Waals surface area (Å²) in [7, 11) is 1.54. The average molecular weight is 412 g/mol. The zero-order valence-corrected chi connectivity index (χ0v) is 17.7. The summed E-state index contributed by atoms with van der Waals surface area (Å²) in [5, 5.41) is 4.16. The van der Waals surface area contributed by atoms with Gasteiger partial charge in [0.1, 0.15) is 5.69 Å². The van der Waals surface area contributed by atoms with E-state index in [1.54, 1.807) is 16.9 Å². The van der Waals surface area contributed by atoms with Gasteiger partial charge in [0, 0.05) is 44.9 Å². The highest BCUT2D eigenvalue weighted by Crippen LogP contribution is 2.16. The van der Waals surface area contributed by atoms with Crippen molar-refractivity contribution in [3.63, 3.8) is 0 Å². The third-order valence-electron chi connectivity index (χ3n) is 5.27. The van der Waals surface area contributed by atoms with Gasteiger partial charge < -0.3 is 14.5 Å². The molecule has 8 nitrogen and oxygen atoms in total. The molecule has 0 spiro atoms. The van der Waals surface area contributed by atoms with Crippen molar-refractivity contribution < 1.29 is 14.3 Å². The molecular formula is C22H28N4O4. The minimum Gasteiger partial charge on any atom is -0.383 e.